The summed E-state index contributed by atoms with van der Waals surface area (Å²) in [6.45, 7) is 3.34. The molecule has 1 unspecified atom stereocenters. The van der Waals surface area contributed by atoms with E-state index in [1.807, 2.05) is 4.90 Å². The van der Waals surface area contributed by atoms with Crippen LogP contribution in [0.15, 0.2) is 12.4 Å². The van der Waals surface area contributed by atoms with Crippen LogP contribution in [0.4, 0.5) is 14.7 Å². The highest BCUT2D eigenvalue weighted by Gasteiger charge is 2.50. The highest BCUT2D eigenvalue weighted by molar-refractivity contribution is 5.86. The van der Waals surface area contributed by atoms with Crippen LogP contribution in [0.3, 0.4) is 0 Å². The zero-order valence-electron chi connectivity index (χ0n) is 14.8. The molecule has 3 fully saturated rings. The number of carbonyl (C=O) groups is 1. The van der Waals surface area contributed by atoms with Crippen molar-refractivity contribution < 1.29 is 18.3 Å². The SMILES string of the molecule is O=C(N1CCCC2(COCCN(c3ncc(F)cn3)C2)C1)C1(F)CCC1. The summed E-state index contributed by atoms with van der Waals surface area (Å²) in [5.74, 6) is -0.380. The molecule has 2 saturated heterocycles. The number of amides is 1. The Labute approximate surface area is 151 Å². The standard InChI is InChI=1S/C18H24F2N4O2/c19-14-9-21-16(22-10-14)24-7-8-26-13-17(12-24)3-2-6-23(11-17)15(25)18(20)4-1-5-18/h9-10H,1-8,11-13H2. The number of hydrogen-bond acceptors (Lipinski definition) is 5. The van der Waals surface area contributed by atoms with Crippen LogP contribution in [0.5, 0.6) is 0 Å². The van der Waals surface area contributed by atoms with E-state index in [4.69, 9.17) is 4.74 Å². The Hall–Kier alpha value is -1.83. The summed E-state index contributed by atoms with van der Waals surface area (Å²) in [6, 6.07) is 0. The van der Waals surface area contributed by atoms with Crippen LogP contribution in [0, 0.1) is 11.2 Å². The third-order valence-electron chi connectivity index (χ3n) is 5.81. The fraction of sp³-hybridized carbons (Fsp3) is 0.722. The van der Waals surface area contributed by atoms with Crippen molar-refractivity contribution in [2.24, 2.45) is 5.41 Å². The van der Waals surface area contributed by atoms with Gasteiger partial charge < -0.3 is 14.5 Å². The lowest BCUT2D eigenvalue weighted by atomic mass is 9.77. The summed E-state index contributed by atoms with van der Waals surface area (Å²) in [6.07, 6.45) is 5.47. The van der Waals surface area contributed by atoms with Crippen molar-refractivity contribution in [1.82, 2.24) is 14.9 Å². The molecule has 1 aromatic rings. The number of ether oxygens (including phenoxy) is 1. The van der Waals surface area contributed by atoms with E-state index in [0.29, 0.717) is 58.2 Å². The molecule has 0 radical (unpaired) electrons. The minimum Gasteiger partial charge on any atom is -0.379 e. The van der Waals surface area contributed by atoms with Gasteiger partial charge in [-0.1, -0.05) is 0 Å². The van der Waals surface area contributed by atoms with Gasteiger partial charge in [-0.15, -0.1) is 0 Å². The number of likely N-dealkylation sites (tertiary alicyclic amines) is 1. The summed E-state index contributed by atoms with van der Waals surface area (Å²) in [4.78, 5) is 24.5. The monoisotopic (exact) mass is 366 g/mol. The van der Waals surface area contributed by atoms with E-state index in [0.717, 1.165) is 31.7 Å². The van der Waals surface area contributed by atoms with E-state index >= 15 is 0 Å². The molecule has 0 N–H and O–H groups in total. The Balaban J connectivity index is 1.51. The van der Waals surface area contributed by atoms with Crippen molar-refractivity contribution in [3.05, 3.63) is 18.2 Å². The van der Waals surface area contributed by atoms with E-state index in [2.05, 4.69) is 9.97 Å². The van der Waals surface area contributed by atoms with Crippen LogP contribution in [-0.4, -0.2) is 65.8 Å². The number of carbonyl (C=O) groups excluding carboxylic acids is 1. The van der Waals surface area contributed by atoms with Crippen molar-refractivity contribution in [2.75, 3.05) is 44.3 Å². The first-order valence-electron chi connectivity index (χ1n) is 9.28. The Morgan fingerprint density at radius 3 is 2.58 bits per heavy atom. The molecule has 1 atom stereocenters. The van der Waals surface area contributed by atoms with Crippen LogP contribution >= 0.6 is 0 Å². The lowest BCUT2D eigenvalue weighted by Gasteiger charge is -2.46. The van der Waals surface area contributed by atoms with Gasteiger partial charge in [0.05, 0.1) is 25.6 Å². The molecule has 0 bridgehead atoms. The fourth-order valence-corrected chi connectivity index (χ4v) is 4.25. The number of halogens is 2. The molecule has 1 amide bonds. The Bertz CT molecular complexity index is 668. The van der Waals surface area contributed by atoms with Gasteiger partial charge in [0.15, 0.2) is 11.5 Å². The zero-order chi connectivity index (χ0) is 18.2. The summed E-state index contributed by atoms with van der Waals surface area (Å²) >= 11 is 0. The molecule has 142 valence electrons. The van der Waals surface area contributed by atoms with Gasteiger partial charge in [-0.2, -0.15) is 0 Å². The number of anilines is 1. The molecule has 26 heavy (non-hydrogen) atoms. The largest absolute Gasteiger partial charge is 0.379 e. The van der Waals surface area contributed by atoms with Gasteiger partial charge in [-0.3, -0.25) is 4.79 Å². The Morgan fingerprint density at radius 1 is 1.12 bits per heavy atom. The van der Waals surface area contributed by atoms with Gasteiger partial charge in [-0.05, 0) is 32.1 Å². The number of hydrogen-bond donors (Lipinski definition) is 0. The number of aromatic nitrogens is 2. The molecule has 4 rings (SSSR count). The molecule has 8 heteroatoms. The van der Waals surface area contributed by atoms with E-state index in [9.17, 15) is 13.6 Å². The molecule has 1 aliphatic carbocycles. The predicted octanol–water partition coefficient (Wildman–Crippen LogP) is 1.95. The zero-order valence-corrected chi connectivity index (χ0v) is 14.8. The normalized spacial score (nSPS) is 28.5. The summed E-state index contributed by atoms with van der Waals surface area (Å²) in [7, 11) is 0. The maximum Gasteiger partial charge on any atom is 0.260 e. The molecule has 1 saturated carbocycles. The highest BCUT2D eigenvalue weighted by Crippen LogP contribution is 2.40. The lowest BCUT2D eigenvalue weighted by Crippen LogP contribution is -2.57. The number of rotatable bonds is 2. The minimum absolute atomic E-state index is 0.276. The lowest BCUT2D eigenvalue weighted by molar-refractivity contribution is -0.154. The van der Waals surface area contributed by atoms with Crippen molar-refractivity contribution >= 4 is 11.9 Å². The van der Waals surface area contributed by atoms with Crippen LogP contribution in [0.1, 0.15) is 32.1 Å². The number of nitrogens with zero attached hydrogens (tertiary/aromatic N) is 4. The molecule has 3 aliphatic rings. The molecular formula is C18H24F2N4O2. The van der Waals surface area contributed by atoms with Crippen molar-refractivity contribution in [3.63, 3.8) is 0 Å². The average molecular weight is 366 g/mol. The molecule has 1 spiro atoms. The first kappa shape index (κ1) is 17.6. The van der Waals surface area contributed by atoms with E-state index in [1.54, 1.807) is 4.90 Å². The van der Waals surface area contributed by atoms with Gasteiger partial charge in [-0.25, -0.2) is 18.7 Å². The first-order valence-corrected chi connectivity index (χ1v) is 9.28. The fourth-order valence-electron chi connectivity index (χ4n) is 4.25. The van der Waals surface area contributed by atoms with Gasteiger partial charge in [0, 0.05) is 31.6 Å². The van der Waals surface area contributed by atoms with Crippen molar-refractivity contribution in [2.45, 2.75) is 37.8 Å². The minimum atomic E-state index is -1.66. The summed E-state index contributed by atoms with van der Waals surface area (Å²) in [5, 5.41) is 0. The van der Waals surface area contributed by atoms with Crippen LogP contribution in [-0.2, 0) is 9.53 Å². The average Bonchev–Trinajstić information content (AvgIpc) is 2.82. The third-order valence-corrected chi connectivity index (χ3v) is 5.81. The maximum atomic E-state index is 14.6. The van der Waals surface area contributed by atoms with Gasteiger partial charge >= 0.3 is 0 Å². The smallest absolute Gasteiger partial charge is 0.260 e. The van der Waals surface area contributed by atoms with Gasteiger partial charge in [0.1, 0.15) is 0 Å². The van der Waals surface area contributed by atoms with Crippen molar-refractivity contribution in [1.29, 1.82) is 0 Å². The van der Waals surface area contributed by atoms with E-state index < -0.39 is 11.5 Å². The van der Waals surface area contributed by atoms with E-state index in [1.165, 1.54) is 0 Å². The van der Waals surface area contributed by atoms with Crippen LogP contribution < -0.4 is 4.90 Å². The summed E-state index contributed by atoms with van der Waals surface area (Å²) < 4.78 is 33.6. The second-order valence-electron chi connectivity index (χ2n) is 7.82. The molecule has 2 aliphatic heterocycles. The Morgan fingerprint density at radius 2 is 1.88 bits per heavy atom. The molecular weight excluding hydrogens is 342 g/mol. The second kappa shape index (κ2) is 6.72. The number of piperidine rings is 1. The predicted molar refractivity (Wildman–Crippen MR) is 91.0 cm³/mol. The van der Waals surface area contributed by atoms with Gasteiger partial charge in [0.25, 0.3) is 5.91 Å². The second-order valence-corrected chi connectivity index (χ2v) is 7.82. The summed E-state index contributed by atoms with van der Waals surface area (Å²) in [5.41, 5.74) is -1.94. The van der Waals surface area contributed by atoms with Crippen LogP contribution in [0.2, 0.25) is 0 Å². The number of alkyl halides is 1. The van der Waals surface area contributed by atoms with Crippen molar-refractivity contribution in [3.8, 4) is 0 Å². The maximum absolute atomic E-state index is 14.6. The molecule has 3 heterocycles. The topological polar surface area (TPSA) is 58.6 Å². The van der Waals surface area contributed by atoms with Crippen LogP contribution in [0.25, 0.3) is 0 Å². The van der Waals surface area contributed by atoms with E-state index in [-0.39, 0.29) is 11.3 Å². The highest BCUT2D eigenvalue weighted by atomic mass is 19.1. The quantitative estimate of drug-likeness (QED) is 0.801. The van der Waals surface area contributed by atoms with Gasteiger partial charge in [0.2, 0.25) is 5.95 Å². The third kappa shape index (κ3) is 3.26. The molecule has 1 aromatic heterocycles. The Kier molecular flexibility index (Phi) is 4.54. The first-order chi connectivity index (χ1) is 12.5. The molecule has 0 aromatic carbocycles. The molecule has 6 nitrogen and oxygen atoms in total.